The molecule has 2 aromatic rings. The van der Waals surface area contributed by atoms with Crippen molar-refractivity contribution in [3.8, 4) is 0 Å². The highest BCUT2D eigenvalue weighted by Gasteiger charge is 2.31. The lowest BCUT2D eigenvalue weighted by molar-refractivity contribution is 0.0664. The summed E-state index contributed by atoms with van der Waals surface area (Å²) in [5, 5.41) is 0. The average Bonchev–Trinajstić information content (AvgIpc) is 3.01. The van der Waals surface area contributed by atoms with E-state index in [0.717, 1.165) is 0 Å². The maximum Gasteiger partial charge on any atom is 0.289 e. The summed E-state index contributed by atoms with van der Waals surface area (Å²) in [6.07, 6.45) is 0. The summed E-state index contributed by atoms with van der Waals surface area (Å²) in [6.45, 7) is 2.98. The minimum absolute atomic E-state index is 0.206. The van der Waals surface area contributed by atoms with Crippen molar-refractivity contribution in [2.45, 2.75) is 11.8 Å². The second-order valence-corrected chi connectivity index (χ2v) is 8.42. The molecule has 1 aromatic carbocycles. The van der Waals surface area contributed by atoms with E-state index in [4.69, 9.17) is 4.42 Å². The molecule has 1 fully saturated rings. The Kier molecular flexibility index (Phi) is 4.80. The first-order valence-corrected chi connectivity index (χ1v) is 9.73. The molecular weight excluding hydrogens is 396 g/mol. The van der Waals surface area contributed by atoms with Crippen LogP contribution in [0.3, 0.4) is 0 Å². The Bertz CT molecular complexity index is 854. The summed E-state index contributed by atoms with van der Waals surface area (Å²) in [7, 11) is -3.55. The minimum atomic E-state index is -3.55. The standard InChI is InChI=1S/C16H17BrN2O4S/c1-12-5-6-15(23-12)16(20)18-7-9-19(10-8-18)24(21,22)14-4-2-3-13(17)11-14/h2-6,11H,7-10H2,1H3. The van der Waals surface area contributed by atoms with Crippen LogP contribution in [0.15, 0.2) is 50.2 Å². The number of benzene rings is 1. The SMILES string of the molecule is Cc1ccc(C(=O)N2CCN(S(=O)(=O)c3cccc(Br)c3)CC2)o1. The predicted molar refractivity (Wildman–Crippen MR) is 92.2 cm³/mol. The first-order chi connectivity index (χ1) is 11.4. The first kappa shape index (κ1) is 17.2. The Morgan fingerprint density at radius 3 is 2.42 bits per heavy atom. The Balaban J connectivity index is 1.69. The zero-order valence-electron chi connectivity index (χ0n) is 13.1. The first-order valence-electron chi connectivity index (χ1n) is 7.49. The molecule has 0 aliphatic carbocycles. The van der Waals surface area contributed by atoms with Crippen LogP contribution in [0.2, 0.25) is 0 Å². The van der Waals surface area contributed by atoms with Gasteiger partial charge in [0, 0.05) is 30.7 Å². The van der Waals surface area contributed by atoms with Gasteiger partial charge in [0.15, 0.2) is 5.76 Å². The number of sulfonamides is 1. The van der Waals surface area contributed by atoms with Crippen molar-refractivity contribution in [1.82, 2.24) is 9.21 Å². The number of rotatable bonds is 3. The van der Waals surface area contributed by atoms with E-state index >= 15 is 0 Å². The molecule has 1 aliphatic heterocycles. The van der Waals surface area contributed by atoms with Gasteiger partial charge in [-0.3, -0.25) is 4.79 Å². The molecule has 0 atom stereocenters. The van der Waals surface area contributed by atoms with Crippen LogP contribution in [0, 0.1) is 6.92 Å². The molecule has 24 heavy (non-hydrogen) atoms. The van der Waals surface area contributed by atoms with Gasteiger partial charge in [-0.05, 0) is 37.3 Å². The number of furan rings is 1. The zero-order valence-corrected chi connectivity index (χ0v) is 15.5. The molecule has 0 saturated carbocycles. The highest BCUT2D eigenvalue weighted by molar-refractivity contribution is 9.10. The molecule has 8 heteroatoms. The molecule has 1 aliphatic rings. The molecule has 1 aromatic heterocycles. The van der Waals surface area contributed by atoms with Crippen LogP contribution in [0.4, 0.5) is 0 Å². The normalized spacial score (nSPS) is 16.3. The van der Waals surface area contributed by atoms with Crippen LogP contribution >= 0.6 is 15.9 Å². The van der Waals surface area contributed by atoms with Crippen molar-refractivity contribution in [1.29, 1.82) is 0 Å². The summed E-state index contributed by atoms with van der Waals surface area (Å²) in [5.41, 5.74) is 0. The fourth-order valence-electron chi connectivity index (χ4n) is 2.61. The third kappa shape index (κ3) is 3.40. The van der Waals surface area contributed by atoms with E-state index in [1.165, 1.54) is 4.31 Å². The monoisotopic (exact) mass is 412 g/mol. The van der Waals surface area contributed by atoms with E-state index in [1.54, 1.807) is 48.2 Å². The molecule has 0 bridgehead atoms. The van der Waals surface area contributed by atoms with Crippen molar-refractivity contribution in [3.63, 3.8) is 0 Å². The number of carbonyl (C=O) groups excluding carboxylic acids is 1. The Morgan fingerprint density at radius 2 is 1.83 bits per heavy atom. The largest absolute Gasteiger partial charge is 0.456 e. The number of amides is 1. The van der Waals surface area contributed by atoms with Crippen LogP contribution in [0.5, 0.6) is 0 Å². The summed E-state index contributed by atoms with van der Waals surface area (Å²) in [4.78, 5) is 14.2. The maximum absolute atomic E-state index is 12.7. The minimum Gasteiger partial charge on any atom is -0.456 e. The molecule has 1 amide bonds. The quantitative estimate of drug-likeness (QED) is 0.776. The highest BCUT2D eigenvalue weighted by atomic mass is 79.9. The van der Waals surface area contributed by atoms with Crippen molar-refractivity contribution < 1.29 is 17.6 Å². The molecule has 0 unspecified atom stereocenters. The van der Waals surface area contributed by atoms with Crippen LogP contribution in [0.25, 0.3) is 0 Å². The number of nitrogens with zero attached hydrogens (tertiary/aromatic N) is 2. The van der Waals surface area contributed by atoms with Gasteiger partial charge in [-0.2, -0.15) is 4.31 Å². The molecule has 6 nitrogen and oxygen atoms in total. The van der Waals surface area contributed by atoms with E-state index in [1.807, 2.05) is 0 Å². The molecular formula is C16H17BrN2O4S. The molecule has 0 radical (unpaired) electrons. The Labute approximate surface area is 149 Å². The molecule has 128 valence electrons. The number of carbonyl (C=O) groups is 1. The third-order valence-corrected chi connectivity index (χ3v) is 6.30. The third-order valence-electron chi connectivity index (χ3n) is 3.91. The second-order valence-electron chi connectivity index (χ2n) is 5.56. The second kappa shape index (κ2) is 6.70. The van der Waals surface area contributed by atoms with Gasteiger partial charge in [0.2, 0.25) is 10.0 Å². The molecule has 3 rings (SSSR count). The molecule has 1 saturated heterocycles. The van der Waals surface area contributed by atoms with Gasteiger partial charge in [-0.15, -0.1) is 0 Å². The van der Waals surface area contributed by atoms with E-state index in [-0.39, 0.29) is 29.7 Å². The molecule has 2 heterocycles. The summed E-state index contributed by atoms with van der Waals surface area (Å²) in [5.74, 6) is 0.757. The lowest BCUT2D eigenvalue weighted by atomic mass is 10.3. The van der Waals surface area contributed by atoms with Crippen LogP contribution in [-0.2, 0) is 10.0 Å². The van der Waals surface area contributed by atoms with Gasteiger partial charge < -0.3 is 9.32 Å². The van der Waals surface area contributed by atoms with E-state index in [0.29, 0.717) is 23.3 Å². The highest BCUT2D eigenvalue weighted by Crippen LogP contribution is 2.21. The maximum atomic E-state index is 12.7. The zero-order chi connectivity index (χ0) is 17.3. The average molecular weight is 413 g/mol. The summed E-state index contributed by atoms with van der Waals surface area (Å²) < 4.78 is 32.8. The van der Waals surface area contributed by atoms with E-state index < -0.39 is 10.0 Å². The fraction of sp³-hybridized carbons (Fsp3) is 0.312. The lowest BCUT2D eigenvalue weighted by Crippen LogP contribution is -2.50. The number of aryl methyl sites for hydroxylation is 1. The van der Waals surface area contributed by atoms with Crippen LogP contribution in [0.1, 0.15) is 16.3 Å². The molecule has 0 spiro atoms. The van der Waals surface area contributed by atoms with Crippen LogP contribution < -0.4 is 0 Å². The lowest BCUT2D eigenvalue weighted by Gasteiger charge is -2.33. The van der Waals surface area contributed by atoms with Crippen LogP contribution in [-0.4, -0.2) is 49.7 Å². The predicted octanol–water partition coefficient (Wildman–Crippen LogP) is 2.50. The van der Waals surface area contributed by atoms with Gasteiger partial charge in [0.25, 0.3) is 5.91 Å². The van der Waals surface area contributed by atoms with Crippen molar-refractivity contribution in [2.24, 2.45) is 0 Å². The fourth-order valence-corrected chi connectivity index (χ4v) is 4.63. The van der Waals surface area contributed by atoms with Crippen molar-refractivity contribution in [3.05, 3.63) is 52.4 Å². The van der Waals surface area contributed by atoms with E-state index in [2.05, 4.69) is 15.9 Å². The number of piperazine rings is 1. The smallest absolute Gasteiger partial charge is 0.289 e. The van der Waals surface area contributed by atoms with E-state index in [9.17, 15) is 13.2 Å². The van der Waals surface area contributed by atoms with Crippen molar-refractivity contribution >= 4 is 31.9 Å². The summed E-state index contributed by atoms with van der Waals surface area (Å²) in [6, 6.07) is 10.0. The summed E-state index contributed by atoms with van der Waals surface area (Å²) >= 11 is 3.29. The van der Waals surface area contributed by atoms with Gasteiger partial charge >= 0.3 is 0 Å². The van der Waals surface area contributed by atoms with Gasteiger partial charge in [-0.25, -0.2) is 8.42 Å². The van der Waals surface area contributed by atoms with Crippen molar-refractivity contribution in [2.75, 3.05) is 26.2 Å². The molecule has 0 N–H and O–H groups in total. The number of hydrogen-bond donors (Lipinski definition) is 0. The topological polar surface area (TPSA) is 70.8 Å². The Hall–Kier alpha value is -1.64. The Morgan fingerprint density at radius 1 is 1.12 bits per heavy atom. The van der Waals surface area contributed by atoms with Gasteiger partial charge in [0.05, 0.1) is 4.90 Å². The van der Waals surface area contributed by atoms with Gasteiger partial charge in [-0.1, -0.05) is 22.0 Å². The van der Waals surface area contributed by atoms with Gasteiger partial charge in [0.1, 0.15) is 5.76 Å². The number of hydrogen-bond acceptors (Lipinski definition) is 4. The number of halogens is 1.